The molecule has 0 bridgehead atoms. The van der Waals surface area contributed by atoms with E-state index < -0.39 is 0 Å². The van der Waals surface area contributed by atoms with Crippen LogP contribution in [0.15, 0.2) is 23.3 Å². The van der Waals surface area contributed by atoms with E-state index in [2.05, 4.69) is 32.9 Å². The Hall–Kier alpha value is -0.850. The van der Waals surface area contributed by atoms with Crippen LogP contribution in [0.25, 0.3) is 0 Å². The summed E-state index contributed by atoms with van der Waals surface area (Å²) in [6, 6.07) is 0. The SMILES string of the molecule is CCC(=O)C1CC=C(CCC=C(C)C)CC1C. The van der Waals surface area contributed by atoms with Gasteiger partial charge in [0.2, 0.25) is 0 Å². The lowest BCUT2D eigenvalue weighted by Crippen LogP contribution is -2.24. The van der Waals surface area contributed by atoms with Gasteiger partial charge < -0.3 is 0 Å². The van der Waals surface area contributed by atoms with E-state index in [1.54, 1.807) is 5.57 Å². The third-order valence-electron chi connectivity index (χ3n) is 3.71. The number of rotatable bonds is 5. The highest BCUT2D eigenvalue weighted by Crippen LogP contribution is 2.32. The van der Waals surface area contributed by atoms with E-state index in [-0.39, 0.29) is 5.92 Å². The second kappa shape index (κ2) is 6.78. The van der Waals surface area contributed by atoms with Crippen molar-refractivity contribution in [2.75, 3.05) is 0 Å². The molecule has 0 aromatic heterocycles. The summed E-state index contributed by atoms with van der Waals surface area (Å²) in [5.41, 5.74) is 2.95. The summed E-state index contributed by atoms with van der Waals surface area (Å²) < 4.78 is 0. The minimum Gasteiger partial charge on any atom is -0.299 e. The van der Waals surface area contributed by atoms with Crippen molar-refractivity contribution in [1.82, 2.24) is 0 Å². The van der Waals surface area contributed by atoms with Gasteiger partial charge >= 0.3 is 0 Å². The molecule has 0 aromatic carbocycles. The summed E-state index contributed by atoms with van der Waals surface area (Å²) in [4.78, 5) is 11.7. The zero-order valence-electron chi connectivity index (χ0n) is 11.8. The maximum absolute atomic E-state index is 11.7. The number of Topliss-reactive ketones (excluding diaryl/α,β-unsaturated/α-hetero) is 1. The zero-order valence-corrected chi connectivity index (χ0v) is 11.8. The second-order valence-corrected chi connectivity index (χ2v) is 5.53. The summed E-state index contributed by atoms with van der Waals surface area (Å²) in [6.07, 6.45) is 9.71. The van der Waals surface area contributed by atoms with Crippen molar-refractivity contribution < 1.29 is 4.79 Å². The Balaban J connectivity index is 2.49. The summed E-state index contributed by atoms with van der Waals surface area (Å²) in [5, 5.41) is 0. The molecule has 0 amide bonds. The van der Waals surface area contributed by atoms with E-state index >= 15 is 0 Å². The van der Waals surface area contributed by atoms with Gasteiger partial charge in [-0.15, -0.1) is 0 Å². The molecule has 0 heterocycles. The van der Waals surface area contributed by atoms with Crippen LogP contribution in [0.4, 0.5) is 0 Å². The molecule has 1 aliphatic carbocycles. The van der Waals surface area contributed by atoms with Crippen LogP contribution in [0.3, 0.4) is 0 Å². The van der Waals surface area contributed by atoms with E-state index in [0.29, 0.717) is 18.1 Å². The molecule has 0 aromatic rings. The molecule has 17 heavy (non-hydrogen) atoms. The molecule has 0 saturated carbocycles. The number of hydrogen-bond acceptors (Lipinski definition) is 1. The Morgan fingerprint density at radius 3 is 2.71 bits per heavy atom. The minimum absolute atomic E-state index is 0.284. The topological polar surface area (TPSA) is 17.1 Å². The third-order valence-corrected chi connectivity index (χ3v) is 3.71. The van der Waals surface area contributed by atoms with Crippen molar-refractivity contribution in [3.05, 3.63) is 23.3 Å². The van der Waals surface area contributed by atoms with Crippen LogP contribution in [0.5, 0.6) is 0 Å². The fourth-order valence-corrected chi connectivity index (χ4v) is 2.63. The fraction of sp³-hybridized carbons (Fsp3) is 0.688. The molecule has 0 saturated heterocycles. The molecule has 0 N–H and O–H groups in total. The molecule has 0 aliphatic heterocycles. The van der Waals surface area contributed by atoms with Crippen molar-refractivity contribution in [2.45, 2.75) is 59.8 Å². The highest BCUT2D eigenvalue weighted by atomic mass is 16.1. The van der Waals surface area contributed by atoms with Crippen LogP contribution in [0, 0.1) is 11.8 Å². The number of carbonyl (C=O) groups excluding carboxylic acids is 1. The minimum atomic E-state index is 0.284. The van der Waals surface area contributed by atoms with Gasteiger partial charge in [-0.25, -0.2) is 0 Å². The van der Waals surface area contributed by atoms with Gasteiger partial charge in [0, 0.05) is 12.3 Å². The average molecular weight is 234 g/mol. The molecule has 1 nitrogen and oxygen atoms in total. The Kier molecular flexibility index (Phi) is 5.67. The van der Waals surface area contributed by atoms with E-state index in [1.807, 2.05) is 6.92 Å². The van der Waals surface area contributed by atoms with Gasteiger partial charge in [-0.3, -0.25) is 4.79 Å². The number of ketones is 1. The molecular formula is C16H26O. The van der Waals surface area contributed by atoms with Crippen LogP contribution in [-0.4, -0.2) is 5.78 Å². The van der Waals surface area contributed by atoms with Gasteiger partial charge in [0.1, 0.15) is 5.78 Å². The molecule has 2 atom stereocenters. The molecule has 0 fully saturated rings. The number of allylic oxidation sites excluding steroid dienone is 4. The van der Waals surface area contributed by atoms with Crippen LogP contribution < -0.4 is 0 Å². The highest BCUT2D eigenvalue weighted by Gasteiger charge is 2.26. The Bertz CT molecular complexity index is 318. The first-order valence-electron chi connectivity index (χ1n) is 6.88. The quantitative estimate of drug-likeness (QED) is 0.631. The van der Waals surface area contributed by atoms with Gasteiger partial charge in [-0.1, -0.05) is 37.1 Å². The fourth-order valence-electron chi connectivity index (χ4n) is 2.63. The van der Waals surface area contributed by atoms with Gasteiger partial charge in [-0.2, -0.15) is 0 Å². The van der Waals surface area contributed by atoms with Gasteiger partial charge in [-0.05, 0) is 45.4 Å². The van der Waals surface area contributed by atoms with E-state index in [1.165, 1.54) is 12.0 Å². The lowest BCUT2D eigenvalue weighted by molar-refractivity contribution is -0.124. The molecular weight excluding hydrogens is 208 g/mol. The molecule has 1 aliphatic rings. The van der Waals surface area contributed by atoms with Crippen LogP contribution in [-0.2, 0) is 4.79 Å². The second-order valence-electron chi connectivity index (χ2n) is 5.53. The molecule has 96 valence electrons. The van der Waals surface area contributed by atoms with E-state index in [0.717, 1.165) is 19.3 Å². The molecule has 0 radical (unpaired) electrons. The van der Waals surface area contributed by atoms with Gasteiger partial charge in [0.15, 0.2) is 0 Å². The standard InChI is InChI=1S/C16H26O/c1-5-16(17)15-10-9-14(11-13(15)4)8-6-7-12(2)3/h7,9,13,15H,5-6,8,10-11H2,1-4H3. The third kappa shape index (κ3) is 4.49. The summed E-state index contributed by atoms with van der Waals surface area (Å²) in [6.45, 7) is 8.50. The lowest BCUT2D eigenvalue weighted by Gasteiger charge is -2.27. The Morgan fingerprint density at radius 1 is 1.47 bits per heavy atom. The predicted octanol–water partition coefficient (Wildman–Crippen LogP) is 4.68. The lowest BCUT2D eigenvalue weighted by atomic mass is 9.77. The van der Waals surface area contributed by atoms with Crippen LogP contribution in [0.1, 0.15) is 59.8 Å². The maximum atomic E-state index is 11.7. The average Bonchev–Trinajstić information content (AvgIpc) is 2.28. The monoisotopic (exact) mass is 234 g/mol. The largest absolute Gasteiger partial charge is 0.299 e. The predicted molar refractivity (Wildman–Crippen MR) is 73.9 cm³/mol. The number of hydrogen-bond donors (Lipinski definition) is 0. The van der Waals surface area contributed by atoms with Crippen molar-refractivity contribution in [3.63, 3.8) is 0 Å². The zero-order chi connectivity index (χ0) is 12.8. The summed E-state index contributed by atoms with van der Waals surface area (Å²) >= 11 is 0. The normalized spacial score (nSPS) is 24.1. The first kappa shape index (κ1) is 14.2. The van der Waals surface area contributed by atoms with E-state index in [9.17, 15) is 4.79 Å². The summed E-state index contributed by atoms with van der Waals surface area (Å²) in [7, 11) is 0. The summed E-state index contributed by atoms with van der Waals surface area (Å²) in [5.74, 6) is 1.26. The first-order chi connectivity index (χ1) is 8.04. The molecule has 2 unspecified atom stereocenters. The van der Waals surface area contributed by atoms with Crippen molar-refractivity contribution in [2.24, 2.45) is 11.8 Å². The van der Waals surface area contributed by atoms with Crippen molar-refractivity contribution >= 4 is 5.78 Å². The molecule has 1 heteroatoms. The van der Waals surface area contributed by atoms with Gasteiger partial charge in [0.25, 0.3) is 0 Å². The molecule has 0 spiro atoms. The van der Waals surface area contributed by atoms with Gasteiger partial charge in [0.05, 0.1) is 0 Å². The molecule has 1 rings (SSSR count). The smallest absolute Gasteiger partial charge is 0.136 e. The van der Waals surface area contributed by atoms with E-state index in [4.69, 9.17) is 0 Å². The van der Waals surface area contributed by atoms with Crippen LogP contribution >= 0.6 is 0 Å². The Morgan fingerprint density at radius 2 is 2.18 bits per heavy atom. The first-order valence-corrected chi connectivity index (χ1v) is 6.88. The van der Waals surface area contributed by atoms with Crippen molar-refractivity contribution in [1.29, 1.82) is 0 Å². The van der Waals surface area contributed by atoms with Crippen LogP contribution in [0.2, 0.25) is 0 Å². The maximum Gasteiger partial charge on any atom is 0.136 e. The van der Waals surface area contributed by atoms with Crippen molar-refractivity contribution in [3.8, 4) is 0 Å². The highest BCUT2D eigenvalue weighted by molar-refractivity contribution is 5.81. The Labute approximate surface area is 106 Å². The number of carbonyl (C=O) groups is 1.